The van der Waals surface area contributed by atoms with Crippen molar-refractivity contribution < 1.29 is 9.15 Å². The van der Waals surface area contributed by atoms with E-state index in [1.54, 1.807) is 25.3 Å². The molecule has 0 unspecified atom stereocenters. The van der Waals surface area contributed by atoms with Crippen LogP contribution in [0.1, 0.15) is 6.42 Å². The Labute approximate surface area is 120 Å². The lowest BCUT2D eigenvalue weighted by atomic mass is 10.2. The number of aryl methyl sites for hydroxylation is 1. The number of ether oxygens (including phenoxy) is 1. The maximum Gasteiger partial charge on any atom is 0.287 e. The summed E-state index contributed by atoms with van der Waals surface area (Å²) in [5.41, 5.74) is 0.622. The lowest BCUT2D eigenvalue weighted by molar-refractivity contribution is 0.414. The topological polar surface area (TPSA) is 64.0 Å². The molecule has 1 aromatic carbocycles. The van der Waals surface area contributed by atoms with Crippen LogP contribution < -0.4 is 4.74 Å². The van der Waals surface area contributed by atoms with Gasteiger partial charge in [0.1, 0.15) is 5.75 Å². The lowest BCUT2D eigenvalue weighted by Crippen LogP contribution is -1.99. The van der Waals surface area contributed by atoms with Crippen molar-refractivity contribution in [3.8, 4) is 23.3 Å². The second-order valence-corrected chi connectivity index (χ2v) is 4.43. The standard InChI is InChI=1S/C12H10ClN3O2S/c1-17-10-4-3-8(13)7-9(10)11-15-16(6-2-5-14)12(19)18-11/h3-4,7H,2,6H2,1H3. The molecular formula is C12H10ClN3O2S. The third-order valence-electron chi connectivity index (χ3n) is 2.43. The average molecular weight is 296 g/mol. The third kappa shape index (κ3) is 2.95. The molecule has 5 nitrogen and oxygen atoms in total. The first kappa shape index (κ1) is 13.6. The Kier molecular flexibility index (Phi) is 4.20. The molecule has 0 fully saturated rings. The molecule has 2 aromatic rings. The summed E-state index contributed by atoms with van der Waals surface area (Å²) < 4.78 is 12.1. The molecule has 0 spiro atoms. The normalized spacial score (nSPS) is 10.2. The van der Waals surface area contributed by atoms with Crippen molar-refractivity contribution in [2.24, 2.45) is 0 Å². The molecule has 0 N–H and O–H groups in total. The van der Waals surface area contributed by atoms with Gasteiger partial charge in [-0.2, -0.15) is 5.26 Å². The van der Waals surface area contributed by atoms with Gasteiger partial charge in [-0.15, -0.1) is 5.10 Å². The van der Waals surface area contributed by atoms with E-state index in [1.807, 2.05) is 6.07 Å². The van der Waals surface area contributed by atoms with Gasteiger partial charge in [0.25, 0.3) is 10.7 Å². The predicted molar refractivity (Wildman–Crippen MR) is 72.6 cm³/mol. The van der Waals surface area contributed by atoms with Gasteiger partial charge in [0.05, 0.1) is 31.7 Å². The molecule has 0 aliphatic rings. The number of rotatable bonds is 4. The SMILES string of the molecule is COc1ccc(Cl)cc1-c1nn(CCC#N)c(=S)o1. The van der Waals surface area contributed by atoms with E-state index in [9.17, 15) is 0 Å². The predicted octanol–water partition coefficient (Wildman–Crippen LogP) is 3.45. The summed E-state index contributed by atoms with van der Waals surface area (Å²) in [5.74, 6) is 0.912. The number of benzene rings is 1. The first-order valence-electron chi connectivity index (χ1n) is 5.44. The fourth-order valence-corrected chi connectivity index (χ4v) is 1.94. The first-order chi connectivity index (χ1) is 9.15. The minimum atomic E-state index is 0.215. The number of aromatic nitrogens is 2. The van der Waals surface area contributed by atoms with Gasteiger partial charge in [-0.3, -0.25) is 0 Å². The summed E-state index contributed by atoms with van der Waals surface area (Å²) in [6.07, 6.45) is 0.312. The van der Waals surface area contributed by atoms with Crippen LogP contribution in [-0.2, 0) is 6.54 Å². The Hall–Kier alpha value is -1.84. The molecule has 0 atom stereocenters. The monoisotopic (exact) mass is 295 g/mol. The number of nitriles is 1. The van der Waals surface area contributed by atoms with Crippen molar-refractivity contribution in [3.05, 3.63) is 28.1 Å². The highest BCUT2D eigenvalue weighted by molar-refractivity contribution is 7.71. The van der Waals surface area contributed by atoms with E-state index in [2.05, 4.69) is 5.10 Å². The van der Waals surface area contributed by atoms with Crippen molar-refractivity contribution >= 4 is 23.8 Å². The minimum absolute atomic E-state index is 0.215. The van der Waals surface area contributed by atoms with Gasteiger partial charge in [0.2, 0.25) is 0 Å². The first-order valence-corrected chi connectivity index (χ1v) is 6.23. The maximum absolute atomic E-state index is 8.57. The van der Waals surface area contributed by atoms with Crippen molar-refractivity contribution in [2.45, 2.75) is 13.0 Å². The van der Waals surface area contributed by atoms with Crippen LogP contribution >= 0.6 is 23.8 Å². The molecule has 0 radical (unpaired) electrons. The van der Waals surface area contributed by atoms with Gasteiger partial charge in [-0.05, 0) is 30.4 Å². The molecule has 0 saturated carbocycles. The highest BCUT2D eigenvalue weighted by Gasteiger charge is 2.13. The Morgan fingerprint density at radius 1 is 1.58 bits per heavy atom. The van der Waals surface area contributed by atoms with Gasteiger partial charge in [0, 0.05) is 5.02 Å². The molecule has 19 heavy (non-hydrogen) atoms. The van der Waals surface area contributed by atoms with Crippen LogP contribution in [0.4, 0.5) is 0 Å². The summed E-state index contributed by atoms with van der Waals surface area (Å²) in [7, 11) is 1.55. The Balaban J connectivity index is 2.45. The van der Waals surface area contributed by atoms with Crippen molar-refractivity contribution in [1.82, 2.24) is 9.78 Å². The quantitative estimate of drug-likeness (QED) is 0.808. The number of hydrogen-bond acceptors (Lipinski definition) is 5. The van der Waals surface area contributed by atoms with E-state index in [-0.39, 0.29) is 4.84 Å². The van der Waals surface area contributed by atoms with E-state index in [1.165, 1.54) is 4.68 Å². The molecule has 0 saturated heterocycles. The summed E-state index contributed by atoms with van der Waals surface area (Å²) in [6.45, 7) is 0.391. The van der Waals surface area contributed by atoms with Crippen LogP contribution in [0.3, 0.4) is 0 Å². The molecule has 0 bridgehead atoms. The van der Waals surface area contributed by atoms with Gasteiger partial charge in [-0.25, -0.2) is 4.68 Å². The van der Waals surface area contributed by atoms with Crippen molar-refractivity contribution in [2.75, 3.05) is 7.11 Å². The molecular weight excluding hydrogens is 286 g/mol. The molecule has 7 heteroatoms. The van der Waals surface area contributed by atoms with Crippen LogP contribution in [0.5, 0.6) is 5.75 Å². The average Bonchev–Trinajstić information content (AvgIpc) is 2.77. The van der Waals surface area contributed by atoms with Crippen molar-refractivity contribution in [3.63, 3.8) is 0 Å². The second kappa shape index (κ2) is 5.87. The number of hydrogen-bond donors (Lipinski definition) is 0. The largest absolute Gasteiger partial charge is 0.496 e. The molecule has 1 aromatic heterocycles. The number of methoxy groups -OCH3 is 1. The summed E-state index contributed by atoms with van der Waals surface area (Å²) in [6, 6.07) is 7.16. The fraction of sp³-hybridized carbons (Fsp3) is 0.250. The summed E-state index contributed by atoms with van der Waals surface area (Å²) in [4.78, 5) is 0.215. The zero-order chi connectivity index (χ0) is 13.8. The van der Waals surface area contributed by atoms with Crippen LogP contribution in [0.2, 0.25) is 5.02 Å². The van der Waals surface area contributed by atoms with E-state index in [0.29, 0.717) is 35.2 Å². The van der Waals surface area contributed by atoms with E-state index in [4.69, 9.17) is 38.2 Å². The van der Waals surface area contributed by atoms with Crippen LogP contribution in [0.15, 0.2) is 22.6 Å². The maximum atomic E-state index is 8.57. The Morgan fingerprint density at radius 2 is 2.37 bits per heavy atom. The van der Waals surface area contributed by atoms with Gasteiger partial charge in [0.15, 0.2) is 0 Å². The van der Waals surface area contributed by atoms with E-state index in [0.717, 1.165) is 0 Å². The number of nitrogens with zero attached hydrogens (tertiary/aromatic N) is 3. The highest BCUT2D eigenvalue weighted by Crippen LogP contribution is 2.31. The highest BCUT2D eigenvalue weighted by atomic mass is 35.5. The summed E-state index contributed by atoms with van der Waals surface area (Å²) >= 11 is 11.0. The smallest absolute Gasteiger partial charge is 0.287 e. The zero-order valence-electron chi connectivity index (χ0n) is 10.1. The molecule has 0 aliphatic heterocycles. The van der Waals surface area contributed by atoms with E-state index >= 15 is 0 Å². The molecule has 2 rings (SSSR count). The van der Waals surface area contributed by atoms with Gasteiger partial charge in [-0.1, -0.05) is 11.6 Å². The third-order valence-corrected chi connectivity index (χ3v) is 2.96. The Morgan fingerprint density at radius 3 is 3.05 bits per heavy atom. The molecule has 0 amide bonds. The van der Waals surface area contributed by atoms with Crippen LogP contribution in [0, 0.1) is 16.2 Å². The van der Waals surface area contributed by atoms with Gasteiger partial charge >= 0.3 is 0 Å². The lowest BCUT2D eigenvalue weighted by Gasteiger charge is -2.04. The van der Waals surface area contributed by atoms with Crippen LogP contribution in [0.25, 0.3) is 11.5 Å². The van der Waals surface area contributed by atoms with Crippen LogP contribution in [-0.4, -0.2) is 16.9 Å². The molecule has 0 aliphatic carbocycles. The molecule has 1 heterocycles. The van der Waals surface area contributed by atoms with Crippen molar-refractivity contribution in [1.29, 1.82) is 5.26 Å². The van der Waals surface area contributed by atoms with Gasteiger partial charge < -0.3 is 9.15 Å². The minimum Gasteiger partial charge on any atom is -0.496 e. The Bertz CT molecular complexity index is 687. The molecule has 98 valence electrons. The van der Waals surface area contributed by atoms with E-state index < -0.39 is 0 Å². The second-order valence-electron chi connectivity index (χ2n) is 3.65. The fourth-order valence-electron chi connectivity index (χ4n) is 1.56. The number of halogens is 1. The zero-order valence-corrected chi connectivity index (χ0v) is 11.7. The summed E-state index contributed by atoms with van der Waals surface area (Å²) in [5, 5.41) is 13.3.